The Labute approximate surface area is 157 Å². The van der Waals surface area contributed by atoms with E-state index in [1.807, 2.05) is 0 Å². The molecule has 1 amide bonds. The topological polar surface area (TPSA) is 59.8 Å². The second kappa shape index (κ2) is 6.74. The van der Waals surface area contributed by atoms with Gasteiger partial charge >= 0.3 is 6.18 Å². The molecular formula is C19H14F4N4O. The van der Waals surface area contributed by atoms with Gasteiger partial charge in [-0.25, -0.2) is 4.39 Å². The van der Waals surface area contributed by atoms with Gasteiger partial charge in [0.25, 0.3) is 0 Å². The van der Waals surface area contributed by atoms with Crippen LogP contribution in [0.5, 0.6) is 0 Å². The highest BCUT2D eigenvalue weighted by molar-refractivity contribution is 5.96. The van der Waals surface area contributed by atoms with Gasteiger partial charge in [-0.1, -0.05) is 30.3 Å². The van der Waals surface area contributed by atoms with Crippen molar-refractivity contribution in [2.45, 2.75) is 24.6 Å². The summed E-state index contributed by atoms with van der Waals surface area (Å²) in [5.41, 5.74) is -0.441. The molecule has 2 unspecified atom stereocenters. The summed E-state index contributed by atoms with van der Waals surface area (Å²) in [5.74, 6) is -2.31. The van der Waals surface area contributed by atoms with Crippen LogP contribution in [0.3, 0.4) is 0 Å². The van der Waals surface area contributed by atoms with Crippen LogP contribution in [-0.2, 0) is 17.5 Å². The maximum absolute atomic E-state index is 13.9. The Morgan fingerprint density at radius 1 is 1.14 bits per heavy atom. The zero-order valence-electron chi connectivity index (χ0n) is 14.3. The number of carbonyl (C=O) groups is 1. The van der Waals surface area contributed by atoms with Crippen molar-refractivity contribution in [2.75, 3.05) is 5.32 Å². The van der Waals surface area contributed by atoms with Crippen LogP contribution in [-0.4, -0.2) is 20.7 Å². The molecule has 5 nitrogen and oxygen atoms in total. The van der Waals surface area contributed by atoms with Gasteiger partial charge in [0.15, 0.2) is 0 Å². The molecule has 1 N–H and O–H groups in total. The monoisotopic (exact) mass is 390 g/mol. The van der Waals surface area contributed by atoms with E-state index in [4.69, 9.17) is 0 Å². The number of benzene rings is 2. The van der Waals surface area contributed by atoms with E-state index >= 15 is 0 Å². The molecule has 2 aromatic carbocycles. The zero-order valence-corrected chi connectivity index (χ0v) is 14.3. The van der Waals surface area contributed by atoms with Crippen molar-refractivity contribution in [3.8, 4) is 0 Å². The third-order valence-corrected chi connectivity index (χ3v) is 4.78. The summed E-state index contributed by atoms with van der Waals surface area (Å²) in [6.07, 6.45) is -3.07. The molecule has 0 fully saturated rings. The largest absolute Gasteiger partial charge is 0.416 e. The van der Waals surface area contributed by atoms with Crippen LogP contribution in [0.1, 0.15) is 28.8 Å². The number of fused-ring (bicyclic) bond motifs is 1. The highest BCUT2D eigenvalue weighted by Crippen LogP contribution is 2.41. The van der Waals surface area contributed by atoms with Crippen molar-refractivity contribution in [3.63, 3.8) is 0 Å². The summed E-state index contributed by atoms with van der Waals surface area (Å²) in [7, 11) is 0. The van der Waals surface area contributed by atoms with Gasteiger partial charge < -0.3 is 9.88 Å². The van der Waals surface area contributed by atoms with Crippen molar-refractivity contribution in [1.82, 2.24) is 14.8 Å². The highest BCUT2D eigenvalue weighted by Gasteiger charge is 2.41. The predicted octanol–water partition coefficient (Wildman–Crippen LogP) is 3.96. The average Bonchev–Trinajstić information content (AvgIpc) is 3.24. The van der Waals surface area contributed by atoms with Crippen LogP contribution in [0, 0.1) is 5.82 Å². The van der Waals surface area contributed by atoms with Crippen LogP contribution in [0.25, 0.3) is 0 Å². The third-order valence-electron chi connectivity index (χ3n) is 4.78. The molecule has 1 aliphatic heterocycles. The van der Waals surface area contributed by atoms with Crippen LogP contribution in [0.15, 0.2) is 54.9 Å². The summed E-state index contributed by atoms with van der Waals surface area (Å²) in [4.78, 5) is 12.9. The number of halogens is 4. The number of rotatable bonds is 3. The quantitative estimate of drug-likeness (QED) is 0.689. The molecule has 2 heterocycles. The van der Waals surface area contributed by atoms with Gasteiger partial charge in [0, 0.05) is 12.5 Å². The van der Waals surface area contributed by atoms with Crippen LogP contribution < -0.4 is 5.32 Å². The number of carbonyl (C=O) groups excluding carboxylic acids is 1. The minimum Gasteiger partial charge on any atom is -0.323 e. The maximum Gasteiger partial charge on any atom is 0.416 e. The summed E-state index contributed by atoms with van der Waals surface area (Å²) >= 11 is 0. The lowest BCUT2D eigenvalue weighted by atomic mass is 9.86. The Bertz CT molecular complexity index is 1030. The lowest BCUT2D eigenvalue weighted by Crippen LogP contribution is -2.25. The van der Waals surface area contributed by atoms with Crippen molar-refractivity contribution >= 4 is 11.6 Å². The molecule has 9 heteroatoms. The first kappa shape index (κ1) is 18.1. The lowest BCUT2D eigenvalue weighted by molar-refractivity contribution is -0.137. The van der Waals surface area contributed by atoms with Gasteiger partial charge in [0.05, 0.1) is 11.3 Å². The number of nitrogens with zero attached hydrogens (tertiary/aromatic N) is 3. The number of anilines is 1. The van der Waals surface area contributed by atoms with Gasteiger partial charge in [0.2, 0.25) is 5.91 Å². The predicted molar refractivity (Wildman–Crippen MR) is 92.0 cm³/mol. The fraction of sp³-hybridized carbons (Fsp3) is 0.211. The van der Waals surface area contributed by atoms with E-state index in [1.54, 1.807) is 16.7 Å². The van der Waals surface area contributed by atoms with Crippen molar-refractivity contribution in [2.24, 2.45) is 0 Å². The first-order valence-corrected chi connectivity index (χ1v) is 8.45. The van der Waals surface area contributed by atoms with Crippen molar-refractivity contribution in [3.05, 3.63) is 77.6 Å². The molecule has 0 saturated carbocycles. The second-order valence-corrected chi connectivity index (χ2v) is 6.52. The molecule has 1 aromatic heterocycles. The van der Waals surface area contributed by atoms with Crippen molar-refractivity contribution in [1.29, 1.82) is 0 Å². The van der Waals surface area contributed by atoms with E-state index in [2.05, 4.69) is 15.5 Å². The summed E-state index contributed by atoms with van der Waals surface area (Å²) in [6, 6.07) is 10.5. The fourth-order valence-electron chi connectivity index (χ4n) is 3.46. The van der Waals surface area contributed by atoms with Crippen LogP contribution >= 0.6 is 0 Å². The minimum atomic E-state index is -4.49. The van der Waals surface area contributed by atoms with Gasteiger partial charge in [-0.05, 0) is 23.8 Å². The van der Waals surface area contributed by atoms with Crippen molar-refractivity contribution < 1.29 is 22.4 Å². The molecule has 4 rings (SSSR count). The Hall–Kier alpha value is -3.23. The molecule has 1 aliphatic rings. The number of alkyl halides is 3. The maximum atomic E-state index is 13.9. The number of nitrogens with one attached hydrogen (secondary N) is 1. The van der Waals surface area contributed by atoms with Gasteiger partial charge in [-0.2, -0.15) is 13.2 Å². The van der Waals surface area contributed by atoms with E-state index in [-0.39, 0.29) is 12.2 Å². The lowest BCUT2D eigenvalue weighted by Gasteiger charge is -2.20. The fourth-order valence-corrected chi connectivity index (χ4v) is 3.46. The number of amides is 1. The molecule has 0 radical (unpaired) electrons. The first-order chi connectivity index (χ1) is 13.3. The van der Waals surface area contributed by atoms with E-state index < -0.39 is 35.3 Å². The number of hydrogen-bond acceptors (Lipinski definition) is 3. The third kappa shape index (κ3) is 3.23. The van der Waals surface area contributed by atoms with Gasteiger partial charge in [0.1, 0.15) is 23.9 Å². The van der Waals surface area contributed by atoms with Gasteiger partial charge in [-0.3, -0.25) is 4.79 Å². The van der Waals surface area contributed by atoms with E-state index in [0.29, 0.717) is 11.4 Å². The molecule has 144 valence electrons. The van der Waals surface area contributed by atoms with E-state index in [0.717, 1.165) is 12.1 Å². The minimum absolute atomic E-state index is 0.00624. The van der Waals surface area contributed by atoms with E-state index in [9.17, 15) is 22.4 Å². The zero-order chi connectivity index (χ0) is 19.9. The molecule has 0 aliphatic carbocycles. The molecule has 2 atom stereocenters. The van der Waals surface area contributed by atoms with Crippen LogP contribution in [0.4, 0.5) is 23.2 Å². The number of para-hydroxylation sites is 1. The smallest absolute Gasteiger partial charge is 0.323 e. The Kier molecular flexibility index (Phi) is 4.37. The molecule has 0 spiro atoms. The Morgan fingerprint density at radius 3 is 2.68 bits per heavy atom. The molecular weight excluding hydrogens is 376 g/mol. The first-order valence-electron chi connectivity index (χ1n) is 8.45. The number of hydrogen-bond donors (Lipinski definition) is 1. The average molecular weight is 390 g/mol. The second-order valence-electron chi connectivity index (χ2n) is 6.52. The molecule has 3 aromatic rings. The molecule has 0 saturated heterocycles. The normalized spacial score (nSPS) is 18.7. The SMILES string of the molecule is O=C(Nc1ccccc1F)C1c2nncn2CC1c1cccc(C(F)(F)F)c1. The van der Waals surface area contributed by atoms with E-state index in [1.165, 1.54) is 30.6 Å². The van der Waals surface area contributed by atoms with Crippen LogP contribution in [0.2, 0.25) is 0 Å². The molecule has 28 heavy (non-hydrogen) atoms. The standard InChI is InChI=1S/C19H14F4N4O/c20-14-6-1-2-7-15(14)25-18(28)16-13(9-27-10-24-26-17(16)27)11-4-3-5-12(8-11)19(21,22)23/h1-8,10,13,16H,9H2,(H,25,28). The highest BCUT2D eigenvalue weighted by atomic mass is 19.4. The summed E-state index contributed by atoms with van der Waals surface area (Å²) in [5, 5.41) is 10.2. The summed E-state index contributed by atoms with van der Waals surface area (Å²) in [6.45, 7) is 0.249. The van der Waals surface area contributed by atoms with Gasteiger partial charge in [-0.15, -0.1) is 10.2 Å². The Balaban J connectivity index is 1.69. The summed E-state index contributed by atoms with van der Waals surface area (Å²) < 4.78 is 54.8. The number of aromatic nitrogens is 3. The molecule has 0 bridgehead atoms. The Morgan fingerprint density at radius 2 is 1.93 bits per heavy atom.